The topological polar surface area (TPSA) is 73.3 Å². The zero-order valence-electron chi connectivity index (χ0n) is 8.72. The van der Waals surface area contributed by atoms with Gasteiger partial charge in [0.05, 0.1) is 10.5 Å². The number of nitrogens with zero attached hydrogens (tertiary/aromatic N) is 1. The second kappa shape index (κ2) is 4.69. The number of furan rings is 1. The van der Waals surface area contributed by atoms with Gasteiger partial charge >= 0.3 is 5.88 Å². The van der Waals surface area contributed by atoms with E-state index in [1.165, 1.54) is 18.2 Å². The molecule has 0 amide bonds. The predicted molar refractivity (Wildman–Crippen MR) is 62.9 cm³/mol. The number of carbonyl (C=O) groups is 1. The quantitative estimate of drug-likeness (QED) is 0.495. The number of benzene rings is 1. The van der Waals surface area contributed by atoms with Gasteiger partial charge in [0, 0.05) is 5.56 Å². The molecule has 0 atom stereocenters. The summed E-state index contributed by atoms with van der Waals surface area (Å²) in [4.78, 5) is 21.6. The fourth-order valence-corrected chi connectivity index (χ4v) is 1.71. The number of carbonyl (C=O) groups excluding carboxylic acids is 1. The van der Waals surface area contributed by atoms with Gasteiger partial charge in [-0.25, -0.2) is 4.39 Å². The molecule has 0 spiro atoms. The van der Waals surface area contributed by atoms with Crippen molar-refractivity contribution >= 4 is 27.6 Å². The molecular weight excluding hydrogens is 309 g/mol. The zero-order valence-corrected chi connectivity index (χ0v) is 10.3. The van der Waals surface area contributed by atoms with E-state index in [0.29, 0.717) is 0 Å². The number of hydrogen-bond acceptors (Lipinski definition) is 4. The van der Waals surface area contributed by atoms with Crippen molar-refractivity contribution in [2.75, 3.05) is 0 Å². The summed E-state index contributed by atoms with van der Waals surface area (Å²) in [5.74, 6) is -1.74. The first-order valence-corrected chi connectivity index (χ1v) is 5.52. The summed E-state index contributed by atoms with van der Waals surface area (Å²) in [5.41, 5.74) is 0.174. The standard InChI is InChI=1S/C11H5BrFNO4/c12-7-5-6(1-2-8(7)13)11(15)9-3-4-10(18-9)14(16)17/h1-5H. The molecule has 0 fully saturated rings. The molecule has 1 aromatic heterocycles. The highest BCUT2D eigenvalue weighted by molar-refractivity contribution is 9.10. The highest BCUT2D eigenvalue weighted by atomic mass is 79.9. The van der Waals surface area contributed by atoms with E-state index in [-0.39, 0.29) is 15.8 Å². The number of nitro groups is 1. The van der Waals surface area contributed by atoms with E-state index in [1.807, 2.05) is 0 Å². The number of rotatable bonds is 3. The van der Waals surface area contributed by atoms with Crippen molar-refractivity contribution in [3.05, 3.63) is 62.1 Å². The molecule has 2 aromatic rings. The minimum absolute atomic E-state index is 0.134. The maximum atomic E-state index is 13.0. The molecule has 0 unspecified atom stereocenters. The van der Waals surface area contributed by atoms with Gasteiger partial charge < -0.3 is 4.42 Å². The van der Waals surface area contributed by atoms with Crippen LogP contribution in [-0.4, -0.2) is 10.7 Å². The third kappa shape index (κ3) is 2.30. The van der Waals surface area contributed by atoms with Gasteiger partial charge in [-0.2, -0.15) is 0 Å². The smallest absolute Gasteiger partial charge is 0.397 e. The lowest BCUT2D eigenvalue weighted by molar-refractivity contribution is -0.402. The Morgan fingerprint density at radius 1 is 1.33 bits per heavy atom. The summed E-state index contributed by atoms with van der Waals surface area (Å²) in [6.07, 6.45) is 0. The van der Waals surface area contributed by atoms with Gasteiger partial charge in [-0.15, -0.1) is 0 Å². The monoisotopic (exact) mass is 313 g/mol. The van der Waals surface area contributed by atoms with Gasteiger partial charge in [-0.3, -0.25) is 14.9 Å². The second-order valence-electron chi connectivity index (χ2n) is 3.35. The van der Waals surface area contributed by atoms with Gasteiger partial charge in [0.15, 0.2) is 5.76 Å². The van der Waals surface area contributed by atoms with Crippen molar-refractivity contribution in [2.45, 2.75) is 0 Å². The Bertz CT molecular complexity index is 638. The molecule has 7 heteroatoms. The van der Waals surface area contributed by atoms with E-state index < -0.39 is 22.4 Å². The normalized spacial score (nSPS) is 10.3. The molecule has 5 nitrogen and oxygen atoms in total. The Labute approximate surface area is 108 Å². The summed E-state index contributed by atoms with van der Waals surface area (Å²) in [6, 6.07) is 5.97. The maximum absolute atomic E-state index is 13.0. The van der Waals surface area contributed by atoms with Crippen LogP contribution in [0.3, 0.4) is 0 Å². The Balaban J connectivity index is 2.35. The van der Waals surface area contributed by atoms with Crippen molar-refractivity contribution < 1.29 is 18.5 Å². The molecule has 92 valence electrons. The molecule has 0 radical (unpaired) electrons. The van der Waals surface area contributed by atoms with Crippen LogP contribution < -0.4 is 0 Å². The average molecular weight is 314 g/mol. The van der Waals surface area contributed by atoms with Crippen molar-refractivity contribution in [3.8, 4) is 0 Å². The summed E-state index contributed by atoms with van der Waals surface area (Å²) < 4.78 is 17.9. The minimum atomic E-state index is -0.739. The first kappa shape index (κ1) is 12.4. The molecule has 2 rings (SSSR count). The van der Waals surface area contributed by atoms with Gasteiger partial charge in [-0.1, -0.05) is 0 Å². The van der Waals surface area contributed by atoms with Crippen LogP contribution >= 0.6 is 15.9 Å². The summed E-state index contributed by atoms with van der Waals surface area (Å²) in [6.45, 7) is 0. The van der Waals surface area contributed by atoms with E-state index >= 15 is 0 Å². The Morgan fingerprint density at radius 2 is 2.06 bits per heavy atom. The van der Waals surface area contributed by atoms with Crippen LogP contribution in [0.15, 0.2) is 39.2 Å². The highest BCUT2D eigenvalue weighted by Gasteiger charge is 2.19. The van der Waals surface area contributed by atoms with Gasteiger partial charge in [0.25, 0.3) is 0 Å². The van der Waals surface area contributed by atoms with Gasteiger partial charge in [0.1, 0.15) is 10.7 Å². The maximum Gasteiger partial charge on any atom is 0.433 e. The molecule has 18 heavy (non-hydrogen) atoms. The van der Waals surface area contributed by atoms with Crippen LogP contribution in [0.4, 0.5) is 10.3 Å². The third-order valence-corrected chi connectivity index (χ3v) is 2.79. The van der Waals surface area contributed by atoms with Crippen LogP contribution in [0.5, 0.6) is 0 Å². The Hall–Kier alpha value is -2.02. The number of halogens is 2. The van der Waals surface area contributed by atoms with Gasteiger partial charge in [0.2, 0.25) is 5.78 Å². The average Bonchev–Trinajstić information content (AvgIpc) is 2.81. The molecular formula is C11H5BrFNO4. The van der Waals surface area contributed by atoms with Crippen LogP contribution in [0.2, 0.25) is 0 Å². The Morgan fingerprint density at radius 3 is 2.61 bits per heavy atom. The Kier molecular flexibility index (Phi) is 3.24. The fourth-order valence-electron chi connectivity index (χ4n) is 1.33. The molecule has 0 aliphatic carbocycles. The van der Waals surface area contributed by atoms with Crippen LogP contribution in [-0.2, 0) is 0 Å². The first-order chi connectivity index (χ1) is 8.49. The molecule has 1 heterocycles. The third-order valence-electron chi connectivity index (χ3n) is 2.18. The molecule has 0 N–H and O–H groups in total. The SMILES string of the molecule is O=C(c1ccc(F)c(Br)c1)c1ccc([N+](=O)[O-])o1. The van der Waals surface area contributed by atoms with E-state index in [4.69, 9.17) is 4.42 Å². The van der Waals surface area contributed by atoms with Crippen molar-refractivity contribution in [2.24, 2.45) is 0 Å². The van der Waals surface area contributed by atoms with Crippen molar-refractivity contribution in [1.82, 2.24) is 0 Å². The van der Waals surface area contributed by atoms with Crippen LogP contribution in [0.25, 0.3) is 0 Å². The zero-order chi connectivity index (χ0) is 13.3. The van der Waals surface area contributed by atoms with Crippen molar-refractivity contribution in [3.63, 3.8) is 0 Å². The molecule has 1 aromatic carbocycles. The predicted octanol–water partition coefficient (Wildman–Crippen LogP) is 3.32. The van der Waals surface area contributed by atoms with E-state index in [2.05, 4.69) is 15.9 Å². The molecule has 0 saturated carbocycles. The summed E-state index contributed by atoms with van der Waals surface area (Å²) in [7, 11) is 0. The summed E-state index contributed by atoms with van der Waals surface area (Å²) >= 11 is 2.95. The summed E-state index contributed by atoms with van der Waals surface area (Å²) in [5, 5.41) is 10.4. The largest absolute Gasteiger partial charge is 0.433 e. The molecule has 0 saturated heterocycles. The second-order valence-corrected chi connectivity index (χ2v) is 4.21. The van der Waals surface area contributed by atoms with Crippen molar-refractivity contribution in [1.29, 1.82) is 0 Å². The fraction of sp³-hybridized carbons (Fsp3) is 0. The first-order valence-electron chi connectivity index (χ1n) is 4.73. The lowest BCUT2D eigenvalue weighted by Gasteiger charge is -1.99. The molecule has 0 aliphatic heterocycles. The lowest BCUT2D eigenvalue weighted by Crippen LogP contribution is -2.00. The molecule has 0 bridgehead atoms. The lowest BCUT2D eigenvalue weighted by atomic mass is 10.1. The highest BCUT2D eigenvalue weighted by Crippen LogP contribution is 2.22. The van der Waals surface area contributed by atoms with E-state index in [1.54, 1.807) is 0 Å². The number of ketones is 1. The minimum Gasteiger partial charge on any atom is -0.397 e. The van der Waals surface area contributed by atoms with Gasteiger partial charge in [-0.05, 0) is 40.2 Å². The van der Waals surface area contributed by atoms with Crippen LogP contribution in [0.1, 0.15) is 16.1 Å². The van der Waals surface area contributed by atoms with E-state index in [9.17, 15) is 19.3 Å². The van der Waals surface area contributed by atoms with E-state index in [0.717, 1.165) is 12.1 Å². The van der Waals surface area contributed by atoms with Crippen LogP contribution in [0, 0.1) is 15.9 Å². The number of hydrogen-bond donors (Lipinski definition) is 0. The molecule has 0 aliphatic rings.